The van der Waals surface area contributed by atoms with Crippen LogP contribution in [0.15, 0.2) is 30.5 Å². The Morgan fingerprint density at radius 2 is 2.15 bits per heavy atom. The summed E-state index contributed by atoms with van der Waals surface area (Å²) in [5, 5.41) is 22.2. The van der Waals surface area contributed by atoms with Gasteiger partial charge in [0.05, 0.1) is 27.8 Å². The lowest BCUT2D eigenvalue weighted by Gasteiger charge is -2.04. The van der Waals surface area contributed by atoms with E-state index in [0.29, 0.717) is 34.5 Å². The lowest BCUT2D eigenvalue weighted by Crippen LogP contribution is -2.24. The van der Waals surface area contributed by atoms with Gasteiger partial charge in [-0.3, -0.25) is 19.7 Å². The number of nitrogens with zero attached hydrogens (tertiary/aromatic N) is 3. The highest BCUT2D eigenvalue weighted by Gasteiger charge is 2.16. The van der Waals surface area contributed by atoms with Crippen molar-refractivity contribution in [3.63, 3.8) is 0 Å². The quantitative estimate of drug-likeness (QED) is 0.329. The molecule has 0 aliphatic rings. The van der Waals surface area contributed by atoms with Gasteiger partial charge in [-0.2, -0.15) is 0 Å². The van der Waals surface area contributed by atoms with Gasteiger partial charge in [-0.25, -0.2) is 4.98 Å². The number of imidazole rings is 1. The van der Waals surface area contributed by atoms with E-state index in [0.717, 1.165) is 0 Å². The molecule has 0 bridgehead atoms. The highest BCUT2D eigenvalue weighted by Crippen LogP contribution is 2.25. The molecule has 1 amide bonds. The molecule has 3 aromatic rings. The second-order valence-corrected chi connectivity index (χ2v) is 6.02. The van der Waals surface area contributed by atoms with Crippen molar-refractivity contribution < 1.29 is 19.6 Å². The summed E-state index contributed by atoms with van der Waals surface area (Å²) in [6.45, 7) is 0.268. The van der Waals surface area contributed by atoms with E-state index in [1.54, 1.807) is 29.8 Å². The Bertz CT molecular complexity index is 1040. The van der Waals surface area contributed by atoms with E-state index in [-0.39, 0.29) is 24.6 Å². The van der Waals surface area contributed by atoms with Crippen LogP contribution in [0.2, 0.25) is 0 Å². The molecular weight excluding hydrogens is 354 g/mol. The standard InChI is InChI=1S/C17H17N5O5/c1-21-9-11(22(26)27)8-14(21)16-19-12-5-4-10(7-13(12)20-16)17(25)18-6-2-3-15(23)24/h4-5,7-9H,2-3,6H2,1H3,(H,18,25)(H,19,20)(H,23,24). The van der Waals surface area contributed by atoms with Crippen molar-refractivity contribution in [3.8, 4) is 11.5 Å². The molecule has 0 spiro atoms. The van der Waals surface area contributed by atoms with Crippen LogP contribution in [-0.4, -0.2) is 43.0 Å². The van der Waals surface area contributed by atoms with Crippen molar-refractivity contribution in [3.05, 3.63) is 46.1 Å². The van der Waals surface area contributed by atoms with E-state index >= 15 is 0 Å². The predicted molar refractivity (Wildman–Crippen MR) is 96.4 cm³/mol. The first-order chi connectivity index (χ1) is 12.8. The molecule has 10 heteroatoms. The number of aromatic amines is 1. The number of carbonyl (C=O) groups excluding carboxylic acids is 1. The Labute approximate surface area is 153 Å². The third kappa shape index (κ3) is 3.94. The molecule has 0 aliphatic carbocycles. The minimum atomic E-state index is -0.906. The average Bonchev–Trinajstić information content (AvgIpc) is 3.20. The summed E-state index contributed by atoms with van der Waals surface area (Å²) in [5.41, 5.74) is 2.17. The average molecular weight is 371 g/mol. The number of rotatable bonds is 7. The number of aliphatic carboxylic acids is 1. The zero-order valence-corrected chi connectivity index (χ0v) is 14.4. The van der Waals surface area contributed by atoms with E-state index < -0.39 is 10.9 Å². The molecule has 0 radical (unpaired) electrons. The van der Waals surface area contributed by atoms with Crippen molar-refractivity contribution in [2.45, 2.75) is 12.8 Å². The van der Waals surface area contributed by atoms with E-state index in [1.165, 1.54) is 12.3 Å². The first-order valence-electron chi connectivity index (χ1n) is 8.16. The number of hydrogen-bond donors (Lipinski definition) is 3. The van der Waals surface area contributed by atoms with Gasteiger partial charge in [0.15, 0.2) is 5.82 Å². The highest BCUT2D eigenvalue weighted by molar-refractivity contribution is 5.97. The maximum absolute atomic E-state index is 12.2. The Morgan fingerprint density at radius 3 is 2.81 bits per heavy atom. The first kappa shape index (κ1) is 18.1. The van der Waals surface area contributed by atoms with Gasteiger partial charge >= 0.3 is 5.97 Å². The number of carbonyl (C=O) groups is 2. The van der Waals surface area contributed by atoms with E-state index in [9.17, 15) is 19.7 Å². The zero-order valence-electron chi connectivity index (χ0n) is 14.4. The second-order valence-electron chi connectivity index (χ2n) is 6.02. The molecule has 0 aliphatic heterocycles. The number of carboxylic acid groups (broad SMARTS) is 1. The molecule has 27 heavy (non-hydrogen) atoms. The van der Waals surface area contributed by atoms with Crippen LogP contribution in [0, 0.1) is 10.1 Å². The molecule has 0 saturated carbocycles. The summed E-state index contributed by atoms with van der Waals surface area (Å²) >= 11 is 0. The fourth-order valence-corrected chi connectivity index (χ4v) is 2.70. The molecule has 1 aromatic carbocycles. The van der Waals surface area contributed by atoms with Gasteiger partial charge in [-0.1, -0.05) is 0 Å². The van der Waals surface area contributed by atoms with Crippen molar-refractivity contribution in [1.82, 2.24) is 19.9 Å². The Hall–Kier alpha value is -3.69. The van der Waals surface area contributed by atoms with Crippen LogP contribution >= 0.6 is 0 Å². The largest absolute Gasteiger partial charge is 0.481 e. The third-order valence-electron chi connectivity index (χ3n) is 4.04. The third-order valence-corrected chi connectivity index (χ3v) is 4.04. The molecule has 10 nitrogen and oxygen atoms in total. The summed E-state index contributed by atoms with van der Waals surface area (Å²) in [5.74, 6) is -0.760. The monoisotopic (exact) mass is 371 g/mol. The van der Waals surface area contributed by atoms with Crippen LogP contribution in [-0.2, 0) is 11.8 Å². The second kappa shape index (κ2) is 7.28. The topological polar surface area (TPSA) is 143 Å². The van der Waals surface area contributed by atoms with Gasteiger partial charge in [0.25, 0.3) is 11.6 Å². The molecular formula is C17H17N5O5. The van der Waals surface area contributed by atoms with Gasteiger partial charge in [0.2, 0.25) is 0 Å². The number of benzene rings is 1. The molecule has 0 unspecified atom stereocenters. The number of fused-ring (bicyclic) bond motifs is 1. The SMILES string of the molecule is Cn1cc([N+](=O)[O-])cc1-c1nc2ccc(C(=O)NCCCC(=O)O)cc2[nH]1. The fraction of sp³-hybridized carbons (Fsp3) is 0.235. The zero-order chi connectivity index (χ0) is 19.6. The van der Waals surface area contributed by atoms with Gasteiger partial charge < -0.3 is 20.0 Å². The number of nitro groups is 1. The number of aromatic nitrogens is 3. The summed E-state index contributed by atoms with van der Waals surface area (Å²) in [7, 11) is 1.69. The predicted octanol–water partition coefficient (Wildman–Crippen LogP) is 2.07. The smallest absolute Gasteiger partial charge is 0.303 e. The van der Waals surface area contributed by atoms with Crippen LogP contribution in [0.5, 0.6) is 0 Å². The van der Waals surface area contributed by atoms with E-state index in [4.69, 9.17) is 5.11 Å². The summed E-state index contributed by atoms with van der Waals surface area (Å²) in [6.07, 6.45) is 1.74. The van der Waals surface area contributed by atoms with E-state index in [1.807, 2.05) is 0 Å². The number of hydrogen-bond acceptors (Lipinski definition) is 5. The van der Waals surface area contributed by atoms with Gasteiger partial charge in [-0.15, -0.1) is 0 Å². The summed E-state index contributed by atoms with van der Waals surface area (Å²) in [4.78, 5) is 40.6. The van der Waals surface area contributed by atoms with Crippen molar-refractivity contribution >= 4 is 28.6 Å². The number of nitrogens with one attached hydrogen (secondary N) is 2. The summed E-state index contributed by atoms with van der Waals surface area (Å²) in [6, 6.07) is 6.36. The van der Waals surface area contributed by atoms with Crippen LogP contribution in [0.1, 0.15) is 23.2 Å². The molecule has 0 saturated heterocycles. The molecule has 2 heterocycles. The van der Waals surface area contributed by atoms with Crippen molar-refractivity contribution in [2.75, 3.05) is 6.54 Å². The normalized spacial score (nSPS) is 10.9. The maximum Gasteiger partial charge on any atom is 0.303 e. The number of carboxylic acids is 1. The Morgan fingerprint density at radius 1 is 1.37 bits per heavy atom. The first-order valence-corrected chi connectivity index (χ1v) is 8.16. The fourth-order valence-electron chi connectivity index (χ4n) is 2.70. The number of amides is 1. The minimum absolute atomic E-state index is 0.00791. The van der Waals surface area contributed by atoms with Gasteiger partial charge in [-0.05, 0) is 24.6 Å². The molecule has 0 fully saturated rings. The number of H-pyrrole nitrogens is 1. The van der Waals surface area contributed by atoms with Crippen LogP contribution < -0.4 is 5.32 Å². The lowest BCUT2D eigenvalue weighted by molar-refractivity contribution is -0.384. The molecule has 3 N–H and O–H groups in total. The van der Waals surface area contributed by atoms with Crippen molar-refractivity contribution in [2.24, 2.45) is 7.05 Å². The molecule has 2 aromatic heterocycles. The van der Waals surface area contributed by atoms with E-state index in [2.05, 4.69) is 15.3 Å². The number of aryl methyl sites for hydroxylation is 1. The Kier molecular flexibility index (Phi) is 4.88. The highest BCUT2D eigenvalue weighted by atomic mass is 16.6. The molecule has 0 atom stereocenters. The molecule has 3 rings (SSSR count). The van der Waals surface area contributed by atoms with Crippen molar-refractivity contribution in [1.29, 1.82) is 0 Å². The van der Waals surface area contributed by atoms with Crippen LogP contribution in [0.4, 0.5) is 5.69 Å². The maximum atomic E-state index is 12.2. The van der Waals surface area contributed by atoms with Gasteiger partial charge in [0.1, 0.15) is 0 Å². The lowest BCUT2D eigenvalue weighted by atomic mass is 10.2. The van der Waals surface area contributed by atoms with Crippen LogP contribution in [0.3, 0.4) is 0 Å². The Balaban J connectivity index is 1.80. The van der Waals surface area contributed by atoms with Crippen LogP contribution in [0.25, 0.3) is 22.6 Å². The summed E-state index contributed by atoms with van der Waals surface area (Å²) < 4.78 is 1.60. The molecule has 140 valence electrons. The van der Waals surface area contributed by atoms with Gasteiger partial charge in [0, 0.05) is 31.6 Å². The minimum Gasteiger partial charge on any atom is -0.481 e.